The quantitative estimate of drug-likeness (QED) is 0.111. The molecule has 1 fully saturated rings. The molecule has 0 heterocycles. The fourth-order valence-electron chi connectivity index (χ4n) is 6.24. The number of amides is 2. The van der Waals surface area contributed by atoms with Gasteiger partial charge in [0.05, 0.1) is 22.6 Å². The van der Waals surface area contributed by atoms with Crippen LogP contribution in [0.15, 0.2) is 102 Å². The molecule has 51 heavy (non-hydrogen) atoms. The number of sulfonamides is 1. The third-order valence-electron chi connectivity index (χ3n) is 9.09. The number of nitro groups is 1. The number of hydrogen-bond acceptors (Lipinski definition) is 7. The Labute approximate surface area is 303 Å². The smallest absolute Gasteiger partial charge is 0.273 e. The number of methoxy groups -OCH3 is 1. The van der Waals surface area contributed by atoms with Crippen LogP contribution in [0.4, 0.5) is 11.4 Å². The van der Waals surface area contributed by atoms with Gasteiger partial charge in [-0.05, 0) is 73.4 Å². The van der Waals surface area contributed by atoms with Gasteiger partial charge in [0.25, 0.3) is 15.7 Å². The molecule has 0 saturated heterocycles. The van der Waals surface area contributed by atoms with Crippen LogP contribution in [0, 0.1) is 17.0 Å². The summed E-state index contributed by atoms with van der Waals surface area (Å²) in [6.45, 7) is 0.795. The molecular formula is C38H41ClN4O7S. The minimum absolute atomic E-state index is 0.0158. The normalized spacial score (nSPS) is 13.9. The van der Waals surface area contributed by atoms with Gasteiger partial charge in [-0.25, -0.2) is 8.42 Å². The molecule has 1 aliphatic rings. The van der Waals surface area contributed by atoms with Crippen molar-refractivity contribution in [3.8, 4) is 5.75 Å². The second-order valence-corrected chi connectivity index (χ2v) is 14.9. The monoisotopic (exact) mass is 732 g/mol. The van der Waals surface area contributed by atoms with E-state index in [2.05, 4.69) is 5.32 Å². The molecule has 268 valence electrons. The molecule has 13 heteroatoms. The van der Waals surface area contributed by atoms with Crippen LogP contribution in [0.3, 0.4) is 0 Å². The zero-order valence-electron chi connectivity index (χ0n) is 28.5. The van der Waals surface area contributed by atoms with Crippen molar-refractivity contribution < 1.29 is 27.7 Å². The number of carbonyl (C=O) groups excluding carboxylic acids is 2. The lowest BCUT2D eigenvalue weighted by Crippen LogP contribution is -2.55. The van der Waals surface area contributed by atoms with Crippen LogP contribution in [-0.4, -0.2) is 55.8 Å². The Morgan fingerprint density at radius 1 is 0.941 bits per heavy atom. The maximum absolute atomic E-state index is 14.7. The molecule has 4 aromatic carbocycles. The molecule has 0 aromatic heterocycles. The number of rotatable bonds is 14. The summed E-state index contributed by atoms with van der Waals surface area (Å²) >= 11 is 6.18. The first kappa shape index (κ1) is 37.3. The van der Waals surface area contributed by atoms with Crippen LogP contribution >= 0.6 is 11.6 Å². The summed E-state index contributed by atoms with van der Waals surface area (Å²) in [6.07, 6.45) is 4.93. The Morgan fingerprint density at radius 2 is 1.61 bits per heavy atom. The number of ether oxygens (including phenoxy) is 1. The number of hydrogen-bond donors (Lipinski definition) is 1. The van der Waals surface area contributed by atoms with Gasteiger partial charge in [0, 0.05) is 35.7 Å². The summed E-state index contributed by atoms with van der Waals surface area (Å²) in [7, 11) is -3.09. The molecule has 1 aliphatic carbocycles. The van der Waals surface area contributed by atoms with Crippen molar-refractivity contribution in [3.05, 3.63) is 129 Å². The van der Waals surface area contributed by atoms with Crippen molar-refractivity contribution in [2.75, 3.05) is 18.0 Å². The van der Waals surface area contributed by atoms with Gasteiger partial charge in [-0.15, -0.1) is 0 Å². The molecule has 0 radical (unpaired) electrons. The van der Waals surface area contributed by atoms with E-state index in [1.165, 1.54) is 43.2 Å². The molecule has 11 nitrogen and oxygen atoms in total. The van der Waals surface area contributed by atoms with E-state index in [1.807, 2.05) is 30.3 Å². The average molecular weight is 733 g/mol. The van der Waals surface area contributed by atoms with E-state index < -0.39 is 33.4 Å². The van der Waals surface area contributed by atoms with Gasteiger partial charge in [-0.2, -0.15) is 0 Å². The van der Waals surface area contributed by atoms with Crippen molar-refractivity contribution >= 4 is 44.8 Å². The molecular weight excluding hydrogens is 692 g/mol. The fraction of sp³-hybridized carbons (Fsp3) is 0.316. The van der Waals surface area contributed by atoms with E-state index >= 15 is 0 Å². The molecule has 0 bridgehead atoms. The van der Waals surface area contributed by atoms with Gasteiger partial charge in [0.1, 0.15) is 18.3 Å². The molecule has 2 amide bonds. The summed E-state index contributed by atoms with van der Waals surface area (Å²) < 4.78 is 35.0. The second kappa shape index (κ2) is 16.8. The van der Waals surface area contributed by atoms with Crippen LogP contribution in [0.1, 0.15) is 48.8 Å². The Bertz CT molecular complexity index is 1940. The molecule has 0 aliphatic heterocycles. The van der Waals surface area contributed by atoms with Crippen molar-refractivity contribution in [2.24, 2.45) is 0 Å². The predicted molar refractivity (Wildman–Crippen MR) is 196 cm³/mol. The van der Waals surface area contributed by atoms with Crippen LogP contribution in [0.2, 0.25) is 5.02 Å². The van der Waals surface area contributed by atoms with E-state index in [1.54, 1.807) is 36.4 Å². The van der Waals surface area contributed by atoms with Crippen molar-refractivity contribution in [2.45, 2.75) is 69.0 Å². The van der Waals surface area contributed by atoms with Crippen molar-refractivity contribution in [3.63, 3.8) is 0 Å². The van der Waals surface area contributed by atoms with E-state index in [9.17, 15) is 28.1 Å². The molecule has 0 unspecified atom stereocenters. The van der Waals surface area contributed by atoms with E-state index in [0.717, 1.165) is 48.0 Å². The van der Waals surface area contributed by atoms with Gasteiger partial charge < -0.3 is 15.0 Å². The zero-order valence-corrected chi connectivity index (χ0v) is 30.1. The van der Waals surface area contributed by atoms with Gasteiger partial charge in [0.2, 0.25) is 11.8 Å². The van der Waals surface area contributed by atoms with Crippen LogP contribution in [0.25, 0.3) is 0 Å². The maximum Gasteiger partial charge on any atom is 0.273 e. The third kappa shape index (κ3) is 9.44. The average Bonchev–Trinajstić information content (AvgIpc) is 3.13. The number of halogens is 1. The van der Waals surface area contributed by atoms with Crippen molar-refractivity contribution in [1.82, 2.24) is 10.2 Å². The Balaban J connectivity index is 1.59. The summed E-state index contributed by atoms with van der Waals surface area (Å²) in [4.78, 5) is 41.2. The highest BCUT2D eigenvalue weighted by Crippen LogP contribution is 2.30. The number of carbonyl (C=O) groups is 2. The van der Waals surface area contributed by atoms with Crippen molar-refractivity contribution in [1.29, 1.82) is 0 Å². The Kier molecular flexibility index (Phi) is 12.3. The van der Waals surface area contributed by atoms with Crippen LogP contribution < -0.4 is 14.4 Å². The summed E-state index contributed by atoms with van der Waals surface area (Å²) in [6, 6.07) is 24.9. The standard InChI is InChI=1S/C38H41ClN4O7S/c1-27-13-22-34(24-35(27)43(46)47)51(48,49)42(32-18-20-33(50-2)21-19-32)26-37(44)41(25-29-14-16-30(39)17-15-29)36(23-28-9-5-3-6-10-28)38(45)40-31-11-7-4-8-12-31/h3,5-6,9-10,13-22,24,31,36H,4,7-8,11-12,23,25-26H2,1-2H3,(H,40,45)/t36-/m1/s1. The summed E-state index contributed by atoms with van der Waals surface area (Å²) in [5.74, 6) is -0.521. The molecule has 5 rings (SSSR count). The lowest BCUT2D eigenvalue weighted by molar-refractivity contribution is -0.385. The minimum atomic E-state index is -4.56. The minimum Gasteiger partial charge on any atom is -0.497 e. The highest BCUT2D eigenvalue weighted by Gasteiger charge is 2.36. The molecule has 1 saturated carbocycles. The number of anilines is 1. The number of benzene rings is 4. The zero-order chi connectivity index (χ0) is 36.5. The van der Waals surface area contributed by atoms with Crippen LogP contribution in [-0.2, 0) is 32.6 Å². The third-order valence-corrected chi connectivity index (χ3v) is 11.1. The predicted octanol–water partition coefficient (Wildman–Crippen LogP) is 6.85. The first-order valence-corrected chi connectivity index (χ1v) is 18.6. The topological polar surface area (TPSA) is 139 Å². The Morgan fingerprint density at radius 3 is 2.24 bits per heavy atom. The SMILES string of the molecule is COc1ccc(N(CC(=O)N(Cc2ccc(Cl)cc2)[C@H](Cc2ccccc2)C(=O)NC2CCCCC2)S(=O)(=O)c2ccc(C)c([N+](=O)[O-])c2)cc1. The second-order valence-electron chi connectivity index (χ2n) is 12.6. The van der Waals surface area contributed by atoms with E-state index in [4.69, 9.17) is 16.3 Å². The number of aryl methyl sites for hydroxylation is 1. The highest BCUT2D eigenvalue weighted by molar-refractivity contribution is 7.92. The summed E-state index contributed by atoms with van der Waals surface area (Å²) in [5.41, 5.74) is 1.55. The molecule has 1 N–H and O–H groups in total. The maximum atomic E-state index is 14.7. The molecule has 0 spiro atoms. The van der Waals surface area contributed by atoms with Gasteiger partial charge >= 0.3 is 0 Å². The fourth-order valence-corrected chi connectivity index (χ4v) is 7.80. The highest BCUT2D eigenvalue weighted by atomic mass is 35.5. The van der Waals surface area contributed by atoms with Crippen LogP contribution in [0.5, 0.6) is 5.75 Å². The Hall–Kier alpha value is -4.94. The lowest BCUT2D eigenvalue weighted by atomic mass is 9.94. The lowest BCUT2D eigenvalue weighted by Gasteiger charge is -2.35. The van der Waals surface area contributed by atoms with Gasteiger partial charge in [0.15, 0.2) is 0 Å². The first-order chi connectivity index (χ1) is 24.5. The molecule has 1 atom stereocenters. The number of nitro benzene ring substituents is 1. The number of nitrogens with zero attached hydrogens (tertiary/aromatic N) is 3. The van der Waals surface area contributed by atoms with Gasteiger partial charge in [-0.3, -0.25) is 24.0 Å². The molecule has 4 aromatic rings. The first-order valence-electron chi connectivity index (χ1n) is 16.8. The van der Waals surface area contributed by atoms with E-state index in [0.29, 0.717) is 16.3 Å². The van der Waals surface area contributed by atoms with E-state index in [-0.39, 0.29) is 46.7 Å². The largest absolute Gasteiger partial charge is 0.497 e. The van der Waals surface area contributed by atoms with Gasteiger partial charge in [-0.1, -0.05) is 79.4 Å². The summed E-state index contributed by atoms with van der Waals surface area (Å²) in [5, 5.41) is 15.5. The number of nitrogens with one attached hydrogen (secondary N) is 1.